The van der Waals surface area contributed by atoms with Crippen LogP contribution in [0.2, 0.25) is 0 Å². The molecule has 0 saturated carbocycles. The van der Waals surface area contributed by atoms with Crippen LogP contribution in [0.5, 0.6) is 11.5 Å². The number of benzene rings is 1. The van der Waals surface area contributed by atoms with Gasteiger partial charge in [-0.25, -0.2) is 0 Å². The van der Waals surface area contributed by atoms with Gasteiger partial charge in [-0.05, 0) is 36.1 Å². The highest BCUT2D eigenvalue weighted by molar-refractivity contribution is 5.73. The first kappa shape index (κ1) is 15.3. The summed E-state index contributed by atoms with van der Waals surface area (Å²) in [5, 5.41) is 12.9. The number of amides is 1. The number of ether oxygens (including phenoxy) is 1. The maximum Gasteiger partial charge on any atom is 0.217 e. The highest BCUT2D eigenvalue weighted by Crippen LogP contribution is 2.34. The van der Waals surface area contributed by atoms with Crippen molar-refractivity contribution in [2.24, 2.45) is 0 Å². The van der Waals surface area contributed by atoms with E-state index in [-0.39, 0.29) is 17.7 Å². The van der Waals surface area contributed by atoms with Crippen LogP contribution in [0.4, 0.5) is 0 Å². The molecule has 1 unspecified atom stereocenters. The van der Waals surface area contributed by atoms with Crippen molar-refractivity contribution < 1.29 is 14.6 Å². The molecule has 0 spiro atoms. The van der Waals surface area contributed by atoms with Crippen LogP contribution in [0.3, 0.4) is 0 Å². The summed E-state index contributed by atoms with van der Waals surface area (Å²) in [6, 6.07) is 3.48. The molecule has 0 aliphatic heterocycles. The predicted octanol–water partition coefficient (Wildman–Crippen LogP) is 2.94. The van der Waals surface area contributed by atoms with E-state index in [1.54, 1.807) is 6.07 Å². The Morgan fingerprint density at radius 1 is 1.42 bits per heavy atom. The number of rotatable bonds is 6. The lowest BCUT2D eigenvalue weighted by Crippen LogP contribution is -2.26. The van der Waals surface area contributed by atoms with E-state index in [9.17, 15) is 9.90 Å². The Balaban J connectivity index is 3.20. The minimum absolute atomic E-state index is 0.0594. The molecule has 1 aromatic carbocycles. The number of hydrogen-bond donors (Lipinski definition) is 2. The quantitative estimate of drug-likeness (QED) is 0.831. The topological polar surface area (TPSA) is 58.6 Å². The zero-order valence-corrected chi connectivity index (χ0v) is 12.1. The predicted molar refractivity (Wildman–Crippen MR) is 75.5 cm³/mol. The van der Waals surface area contributed by atoms with Crippen molar-refractivity contribution in [3.8, 4) is 11.5 Å². The van der Waals surface area contributed by atoms with E-state index in [0.29, 0.717) is 5.75 Å². The molecule has 2 N–H and O–H groups in total. The average Bonchev–Trinajstić information content (AvgIpc) is 2.37. The Hall–Kier alpha value is -1.71. The highest BCUT2D eigenvalue weighted by Gasteiger charge is 2.18. The summed E-state index contributed by atoms with van der Waals surface area (Å²) in [4.78, 5) is 11.3. The number of phenolic OH excluding ortho intramolecular Hbond substituents is 1. The largest absolute Gasteiger partial charge is 0.504 e. The maximum atomic E-state index is 11.3. The van der Waals surface area contributed by atoms with Crippen molar-refractivity contribution in [3.05, 3.63) is 23.3 Å². The first-order chi connectivity index (χ1) is 9.03. The lowest BCUT2D eigenvalue weighted by Gasteiger charge is -2.21. The van der Waals surface area contributed by atoms with Gasteiger partial charge in [-0.2, -0.15) is 0 Å². The Bertz CT molecular complexity index is 443. The zero-order valence-electron chi connectivity index (χ0n) is 12.1. The molecule has 0 aliphatic carbocycles. The lowest BCUT2D eigenvalue weighted by atomic mass is 9.94. The molecule has 0 bridgehead atoms. The molecule has 1 atom stereocenters. The number of aromatic hydroxyl groups is 1. The number of phenols is 1. The fourth-order valence-corrected chi connectivity index (χ4v) is 2.26. The van der Waals surface area contributed by atoms with Gasteiger partial charge in [0.15, 0.2) is 11.5 Å². The molecule has 19 heavy (non-hydrogen) atoms. The van der Waals surface area contributed by atoms with Crippen LogP contribution >= 0.6 is 0 Å². The number of methoxy groups -OCH3 is 1. The Morgan fingerprint density at radius 3 is 2.58 bits per heavy atom. The van der Waals surface area contributed by atoms with Crippen molar-refractivity contribution in [3.63, 3.8) is 0 Å². The third-order valence-corrected chi connectivity index (χ3v) is 3.15. The van der Waals surface area contributed by atoms with Gasteiger partial charge in [0.2, 0.25) is 5.91 Å². The minimum atomic E-state index is -0.0609. The minimum Gasteiger partial charge on any atom is -0.504 e. The van der Waals surface area contributed by atoms with Crippen LogP contribution < -0.4 is 10.1 Å². The molecule has 0 fully saturated rings. The molecule has 1 rings (SSSR count). The summed E-state index contributed by atoms with van der Waals surface area (Å²) in [5.41, 5.74) is 2.06. The molecule has 0 aliphatic rings. The van der Waals surface area contributed by atoms with Gasteiger partial charge in [0.05, 0.1) is 13.2 Å². The van der Waals surface area contributed by atoms with Crippen molar-refractivity contribution in [1.82, 2.24) is 5.32 Å². The van der Waals surface area contributed by atoms with Gasteiger partial charge in [0, 0.05) is 6.92 Å². The lowest BCUT2D eigenvalue weighted by molar-refractivity contribution is -0.119. The Kier molecular flexibility index (Phi) is 5.67. The van der Waals surface area contributed by atoms with Gasteiger partial charge in [-0.1, -0.05) is 20.3 Å². The monoisotopic (exact) mass is 265 g/mol. The SMILES string of the molecule is CCCC(NC(C)=O)c1cc(O)c(OC)cc1CC. The summed E-state index contributed by atoms with van der Waals surface area (Å²) in [5.74, 6) is 0.524. The van der Waals surface area contributed by atoms with Crippen LogP contribution in [-0.2, 0) is 11.2 Å². The van der Waals surface area contributed by atoms with Crippen molar-refractivity contribution >= 4 is 5.91 Å². The van der Waals surface area contributed by atoms with E-state index in [0.717, 1.165) is 30.4 Å². The third-order valence-electron chi connectivity index (χ3n) is 3.15. The van der Waals surface area contributed by atoms with E-state index in [4.69, 9.17) is 4.74 Å². The van der Waals surface area contributed by atoms with Gasteiger partial charge >= 0.3 is 0 Å². The number of aryl methyl sites for hydroxylation is 1. The van der Waals surface area contributed by atoms with Gasteiger partial charge in [0.25, 0.3) is 0 Å². The van der Waals surface area contributed by atoms with Crippen LogP contribution in [0.25, 0.3) is 0 Å². The fourth-order valence-electron chi connectivity index (χ4n) is 2.26. The second-order valence-corrected chi connectivity index (χ2v) is 4.62. The summed E-state index contributed by atoms with van der Waals surface area (Å²) in [7, 11) is 1.53. The molecule has 0 saturated heterocycles. The number of carbonyl (C=O) groups excluding carboxylic acids is 1. The molecule has 0 heterocycles. The molecule has 106 valence electrons. The van der Waals surface area contributed by atoms with Crippen LogP contribution in [-0.4, -0.2) is 18.1 Å². The molecule has 1 aromatic rings. The zero-order chi connectivity index (χ0) is 14.4. The molecular weight excluding hydrogens is 242 g/mol. The first-order valence-electron chi connectivity index (χ1n) is 6.70. The Labute approximate surface area is 114 Å². The molecule has 1 amide bonds. The van der Waals surface area contributed by atoms with Gasteiger partial charge < -0.3 is 15.2 Å². The molecule has 4 nitrogen and oxygen atoms in total. The van der Waals surface area contributed by atoms with Crippen molar-refractivity contribution in [1.29, 1.82) is 0 Å². The smallest absolute Gasteiger partial charge is 0.217 e. The molecule has 0 aromatic heterocycles. The summed E-state index contributed by atoms with van der Waals surface area (Å²) in [6.07, 6.45) is 2.63. The van der Waals surface area contributed by atoms with Gasteiger partial charge in [-0.15, -0.1) is 0 Å². The van der Waals surface area contributed by atoms with Crippen LogP contribution in [0.15, 0.2) is 12.1 Å². The molecule has 0 radical (unpaired) electrons. The number of carbonyl (C=O) groups is 1. The van der Waals surface area contributed by atoms with Crippen molar-refractivity contribution in [2.45, 2.75) is 46.1 Å². The third kappa shape index (κ3) is 3.88. The average molecular weight is 265 g/mol. The summed E-state index contributed by atoms with van der Waals surface area (Å²) >= 11 is 0. The first-order valence-corrected chi connectivity index (χ1v) is 6.70. The van der Waals surface area contributed by atoms with Crippen LogP contribution in [0.1, 0.15) is 50.8 Å². The standard InChI is InChI=1S/C15H23NO3/c1-5-7-13(16-10(3)17)12-9-14(18)15(19-4)8-11(12)6-2/h8-9,13,18H,5-7H2,1-4H3,(H,16,17). The van der Waals surface area contributed by atoms with Crippen LogP contribution in [0, 0.1) is 0 Å². The van der Waals surface area contributed by atoms with E-state index in [2.05, 4.69) is 12.2 Å². The summed E-state index contributed by atoms with van der Waals surface area (Å²) < 4.78 is 5.13. The second kappa shape index (κ2) is 7.02. The Morgan fingerprint density at radius 2 is 2.11 bits per heavy atom. The van der Waals surface area contributed by atoms with E-state index in [1.165, 1.54) is 14.0 Å². The fraction of sp³-hybridized carbons (Fsp3) is 0.533. The van der Waals surface area contributed by atoms with E-state index < -0.39 is 0 Å². The van der Waals surface area contributed by atoms with Crippen molar-refractivity contribution in [2.75, 3.05) is 7.11 Å². The van der Waals surface area contributed by atoms with E-state index >= 15 is 0 Å². The highest BCUT2D eigenvalue weighted by atomic mass is 16.5. The summed E-state index contributed by atoms with van der Waals surface area (Å²) in [6.45, 7) is 5.63. The van der Waals surface area contributed by atoms with Gasteiger partial charge in [0.1, 0.15) is 0 Å². The normalized spacial score (nSPS) is 12.0. The molecule has 4 heteroatoms. The molecular formula is C15H23NO3. The number of nitrogens with one attached hydrogen (secondary N) is 1. The number of hydrogen-bond acceptors (Lipinski definition) is 3. The van der Waals surface area contributed by atoms with Gasteiger partial charge in [-0.3, -0.25) is 4.79 Å². The maximum absolute atomic E-state index is 11.3. The second-order valence-electron chi connectivity index (χ2n) is 4.62. The van der Waals surface area contributed by atoms with E-state index in [1.807, 2.05) is 13.0 Å².